The topological polar surface area (TPSA) is 12.5 Å². The highest BCUT2D eigenvalue weighted by atomic mass is 19.4. The van der Waals surface area contributed by atoms with Gasteiger partial charge in [0.1, 0.15) is 5.75 Å². The first-order valence-electron chi connectivity index (χ1n) is 4.47. The van der Waals surface area contributed by atoms with E-state index in [2.05, 4.69) is 0 Å². The van der Waals surface area contributed by atoms with Crippen LogP contribution in [0, 0.1) is 0 Å². The van der Waals surface area contributed by atoms with Crippen LogP contribution in [0.2, 0.25) is 0 Å². The first-order valence-corrected chi connectivity index (χ1v) is 4.47. The van der Waals surface area contributed by atoms with E-state index >= 15 is 0 Å². The largest absolute Gasteiger partial charge is 0.497 e. The number of rotatable bonds is 3. The standard InChI is InChI=1S/C10H12F3NO/c1-3-14(10(11,12)13)8-4-6-9(15-2)7-5-8/h4-7H,3H2,1-2H3. The van der Waals surface area contributed by atoms with E-state index in [1.54, 1.807) is 0 Å². The second-order valence-electron chi connectivity index (χ2n) is 2.91. The average molecular weight is 219 g/mol. The molecule has 0 saturated heterocycles. The summed E-state index contributed by atoms with van der Waals surface area (Å²) in [7, 11) is 1.47. The molecule has 0 radical (unpaired) electrons. The lowest BCUT2D eigenvalue weighted by Crippen LogP contribution is -2.37. The van der Waals surface area contributed by atoms with E-state index in [9.17, 15) is 13.2 Å². The highest BCUT2D eigenvalue weighted by molar-refractivity contribution is 5.49. The predicted octanol–water partition coefficient (Wildman–Crippen LogP) is 3.04. The predicted molar refractivity (Wildman–Crippen MR) is 52.1 cm³/mol. The average Bonchev–Trinajstić information content (AvgIpc) is 2.18. The summed E-state index contributed by atoms with van der Waals surface area (Å²) in [5.74, 6) is 0.539. The molecule has 0 aliphatic heterocycles. The summed E-state index contributed by atoms with van der Waals surface area (Å²) < 4.78 is 42.3. The smallest absolute Gasteiger partial charge is 0.484 e. The quantitative estimate of drug-likeness (QED) is 0.724. The molecule has 1 aromatic carbocycles. The molecule has 1 rings (SSSR count). The van der Waals surface area contributed by atoms with Gasteiger partial charge in [-0.15, -0.1) is 0 Å². The van der Waals surface area contributed by atoms with Crippen LogP contribution in [-0.4, -0.2) is 20.0 Å². The molecule has 0 spiro atoms. The zero-order valence-electron chi connectivity index (χ0n) is 8.51. The van der Waals surface area contributed by atoms with Crippen molar-refractivity contribution >= 4 is 5.69 Å². The Balaban J connectivity index is 2.93. The molecule has 84 valence electrons. The zero-order chi connectivity index (χ0) is 11.5. The van der Waals surface area contributed by atoms with Gasteiger partial charge < -0.3 is 4.74 Å². The molecule has 0 aliphatic carbocycles. The molecular weight excluding hydrogens is 207 g/mol. The van der Waals surface area contributed by atoms with Crippen LogP contribution in [-0.2, 0) is 0 Å². The summed E-state index contributed by atoms with van der Waals surface area (Å²) in [4.78, 5) is 0.368. The molecule has 1 aromatic rings. The lowest BCUT2D eigenvalue weighted by atomic mass is 10.3. The molecule has 0 aromatic heterocycles. The Morgan fingerprint density at radius 2 is 1.73 bits per heavy atom. The number of methoxy groups -OCH3 is 1. The van der Waals surface area contributed by atoms with Crippen molar-refractivity contribution < 1.29 is 17.9 Å². The molecule has 15 heavy (non-hydrogen) atoms. The maximum atomic E-state index is 12.5. The molecule has 0 bridgehead atoms. The van der Waals surface area contributed by atoms with E-state index in [0.717, 1.165) is 0 Å². The minimum atomic E-state index is -4.34. The fourth-order valence-corrected chi connectivity index (χ4v) is 1.27. The molecule has 0 saturated carbocycles. The molecule has 0 aliphatic rings. The second kappa shape index (κ2) is 4.42. The van der Waals surface area contributed by atoms with Gasteiger partial charge in [-0.3, -0.25) is 4.90 Å². The number of anilines is 1. The summed E-state index contributed by atoms with van der Waals surface area (Å²) in [5, 5.41) is 0. The highest BCUT2D eigenvalue weighted by Crippen LogP contribution is 2.29. The Labute approximate surface area is 86.3 Å². The van der Waals surface area contributed by atoms with Gasteiger partial charge in [0, 0.05) is 12.2 Å². The lowest BCUT2D eigenvalue weighted by Gasteiger charge is -2.25. The first kappa shape index (κ1) is 11.7. The van der Waals surface area contributed by atoms with Gasteiger partial charge >= 0.3 is 6.30 Å². The number of benzene rings is 1. The SMILES string of the molecule is CCN(c1ccc(OC)cc1)C(F)(F)F. The van der Waals surface area contributed by atoms with E-state index < -0.39 is 6.30 Å². The Kier molecular flexibility index (Phi) is 3.44. The Bertz CT molecular complexity index is 307. The molecule has 0 fully saturated rings. The molecule has 2 nitrogen and oxygen atoms in total. The normalized spacial score (nSPS) is 11.3. The van der Waals surface area contributed by atoms with Crippen molar-refractivity contribution in [3.8, 4) is 5.75 Å². The van der Waals surface area contributed by atoms with Crippen molar-refractivity contribution in [2.45, 2.75) is 13.2 Å². The lowest BCUT2D eigenvalue weighted by molar-refractivity contribution is -0.128. The van der Waals surface area contributed by atoms with Crippen molar-refractivity contribution in [2.24, 2.45) is 0 Å². The Morgan fingerprint density at radius 3 is 2.07 bits per heavy atom. The summed E-state index contributed by atoms with van der Waals surface area (Å²) in [6.07, 6.45) is -4.34. The molecule has 5 heteroatoms. The molecule has 0 heterocycles. The van der Waals surface area contributed by atoms with Gasteiger partial charge in [0.2, 0.25) is 0 Å². The van der Waals surface area contributed by atoms with Gasteiger partial charge in [-0.05, 0) is 31.2 Å². The molecule has 0 atom stereocenters. The van der Waals surface area contributed by atoms with Crippen molar-refractivity contribution in [3.63, 3.8) is 0 Å². The van der Waals surface area contributed by atoms with E-state index in [1.165, 1.54) is 38.3 Å². The van der Waals surface area contributed by atoms with Crippen LogP contribution in [0.3, 0.4) is 0 Å². The van der Waals surface area contributed by atoms with Crippen LogP contribution in [0.4, 0.5) is 18.9 Å². The van der Waals surface area contributed by atoms with Crippen LogP contribution >= 0.6 is 0 Å². The van der Waals surface area contributed by atoms with E-state index in [4.69, 9.17) is 4.74 Å². The Hall–Kier alpha value is -1.39. The second-order valence-corrected chi connectivity index (χ2v) is 2.91. The number of alkyl halides is 3. The highest BCUT2D eigenvalue weighted by Gasteiger charge is 2.36. The summed E-state index contributed by atoms with van der Waals surface area (Å²) in [6.45, 7) is 1.34. The minimum absolute atomic E-state index is 0.115. The van der Waals surface area contributed by atoms with Gasteiger partial charge in [-0.25, -0.2) is 0 Å². The maximum Gasteiger partial charge on any atom is 0.484 e. The van der Waals surface area contributed by atoms with Crippen molar-refractivity contribution in [1.82, 2.24) is 0 Å². The third kappa shape index (κ3) is 2.78. The molecular formula is C10H12F3NO. The van der Waals surface area contributed by atoms with E-state index in [0.29, 0.717) is 10.6 Å². The van der Waals surface area contributed by atoms with Crippen molar-refractivity contribution in [2.75, 3.05) is 18.6 Å². The first-order chi connectivity index (χ1) is 6.99. The van der Waals surface area contributed by atoms with Crippen LogP contribution in [0.5, 0.6) is 5.75 Å². The third-order valence-electron chi connectivity index (χ3n) is 2.01. The molecule has 0 N–H and O–H groups in total. The van der Waals surface area contributed by atoms with Gasteiger partial charge in [0.15, 0.2) is 0 Å². The number of hydrogen-bond donors (Lipinski definition) is 0. The number of ether oxygens (including phenoxy) is 1. The fraction of sp³-hybridized carbons (Fsp3) is 0.400. The summed E-state index contributed by atoms with van der Waals surface area (Å²) in [6, 6.07) is 5.78. The molecule has 0 amide bonds. The third-order valence-corrected chi connectivity index (χ3v) is 2.01. The summed E-state index contributed by atoms with van der Waals surface area (Å²) >= 11 is 0. The monoisotopic (exact) mass is 219 g/mol. The number of halogens is 3. The van der Waals surface area contributed by atoms with Crippen LogP contribution in [0.15, 0.2) is 24.3 Å². The van der Waals surface area contributed by atoms with Crippen LogP contribution in [0.25, 0.3) is 0 Å². The van der Waals surface area contributed by atoms with Gasteiger partial charge in [-0.1, -0.05) is 0 Å². The van der Waals surface area contributed by atoms with Crippen molar-refractivity contribution in [1.29, 1.82) is 0 Å². The zero-order valence-corrected chi connectivity index (χ0v) is 8.51. The number of nitrogens with zero attached hydrogens (tertiary/aromatic N) is 1. The van der Waals surface area contributed by atoms with E-state index in [1.807, 2.05) is 0 Å². The van der Waals surface area contributed by atoms with Crippen LogP contribution in [0.1, 0.15) is 6.92 Å². The minimum Gasteiger partial charge on any atom is -0.497 e. The molecule has 0 unspecified atom stereocenters. The Morgan fingerprint density at radius 1 is 1.20 bits per heavy atom. The summed E-state index contributed by atoms with van der Waals surface area (Å²) in [5.41, 5.74) is 0.116. The van der Waals surface area contributed by atoms with Crippen molar-refractivity contribution in [3.05, 3.63) is 24.3 Å². The van der Waals surface area contributed by atoms with Gasteiger partial charge in [-0.2, -0.15) is 13.2 Å². The van der Waals surface area contributed by atoms with Gasteiger partial charge in [0.05, 0.1) is 7.11 Å². The number of hydrogen-bond acceptors (Lipinski definition) is 2. The fourth-order valence-electron chi connectivity index (χ4n) is 1.27. The van der Waals surface area contributed by atoms with E-state index in [-0.39, 0.29) is 12.2 Å². The van der Waals surface area contributed by atoms with Gasteiger partial charge in [0.25, 0.3) is 0 Å². The van der Waals surface area contributed by atoms with Crippen LogP contribution < -0.4 is 9.64 Å². The maximum absolute atomic E-state index is 12.5.